The number of thiophene rings is 1. The van der Waals surface area contributed by atoms with E-state index in [1.165, 1.54) is 17.6 Å². The largest absolute Gasteiger partial charge is 0.460 e. The first kappa shape index (κ1) is 13.9. The van der Waals surface area contributed by atoms with Crippen LogP contribution in [0.4, 0.5) is 0 Å². The minimum absolute atomic E-state index is 0.333. The van der Waals surface area contributed by atoms with E-state index in [1.54, 1.807) is 6.07 Å². The molecule has 4 nitrogen and oxygen atoms in total. The van der Waals surface area contributed by atoms with Gasteiger partial charge in [-0.15, -0.1) is 11.3 Å². The monoisotopic (exact) mass is 318 g/mol. The maximum Gasteiger partial charge on any atom is 0.283 e. The third-order valence-corrected chi connectivity index (χ3v) is 4.53. The van der Waals surface area contributed by atoms with Gasteiger partial charge in [0, 0.05) is 10.1 Å². The van der Waals surface area contributed by atoms with Crippen LogP contribution in [0.5, 0.6) is 0 Å². The molecule has 0 aliphatic heterocycles. The maximum absolute atomic E-state index is 12.1. The molecule has 0 fully saturated rings. The summed E-state index contributed by atoms with van der Waals surface area (Å²) in [6, 6.07) is 11.2. The number of rotatable bonds is 3. The van der Waals surface area contributed by atoms with E-state index in [9.17, 15) is 4.79 Å². The van der Waals surface area contributed by atoms with Gasteiger partial charge in [0.15, 0.2) is 0 Å². The number of furan rings is 1. The zero-order valence-electron chi connectivity index (χ0n) is 11.1. The number of hydrogen-bond acceptors (Lipinski definition) is 4. The standard InChI is InChI=1S/C15H11ClN2O2S/c1-9-6-7-10(20-9)8-17-18-15(19)14-13(16)11-4-2-3-5-12(11)21-14/h2-8H,1H3,(H,18,19)/b17-8-. The van der Waals surface area contributed by atoms with Crippen LogP contribution in [0.1, 0.15) is 21.2 Å². The highest BCUT2D eigenvalue weighted by Gasteiger charge is 2.16. The first-order chi connectivity index (χ1) is 10.1. The summed E-state index contributed by atoms with van der Waals surface area (Å²) in [5.74, 6) is 1.03. The zero-order valence-corrected chi connectivity index (χ0v) is 12.7. The Labute approximate surface area is 130 Å². The first-order valence-corrected chi connectivity index (χ1v) is 7.41. The fourth-order valence-electron chi connectivity index (χ4n) is 1.89. The van der Waals surface area contributed by atoms with Crippen LogP contribution in [0.25, 0.3) is 10.1 Å². The van der Waals surface area contributed by atoms with Crippen LogP contribution in [0.2, 0.25) is 5.02 Å². The number of hydrazone groups is 1. The number of hydrogen-bond donors (Lipinski definition) is 1. The summed E-state index contributed by atoms with van der Waals surface area (Å²) in [7, 11) is 0. The molecule has 0 aliphatic carbocycles. The highest BCUT2D eigenvalue weighted by Crippen LogP contribution is 2.34. The van der Waals surface area contributed by atoms with Crippen molar-refractivity contribution in [1.82, 2.24) is 5.43 Å². The quantitative estimate of drug-likeness (QED) is 0.580. The van der Waals surface area contributed by atoms with Gasteiger partial charge in [-0.2, -0.15) is 5.10 Å². The molecule has 3 aromatic rings. The molecule has 3 rings (SSSR count). The predicted octanol–water partition coefficient (Wildman–Crippen LogP) is 4.22. The zero-order chi connectivity index (χ0) is 14.8. The predicted molar refractivity (Wildman–Crippen MR) is 85.3 cm³/mol. The summed E-state index contributed by atoms with van der Waals surface area (Å²) in [6.45, 7) is 1.84. The van der Waals surface area contributed by atoms with E-state index in [2.05, 4.69) is 10.5 Å². The number of aryl methyl sites for hydroxylation is 1. The van der Waals surface area contributed by atoms with E-state index >= 15 is 0 Å². The molecule has 0 saturated carbocycles. The van der Waals surface area contributed by atoms with Gasteiger partial charge in [-0.05, 0) is 25.1 Å². The third kappa shape index (κ3) is 2.84. The molecule has 0 spiro atoms. The first-order valence-electron chi connectivity index (χ1n) is 6.22. The average Bonchev–Trinajstić information content (AvgIpc) is 3.03. The SMILES string of the molecule is Cc1ccc(/C=N\NC(=O)c2sc3ccccc3c2Cl)o1. The molecule has 21 heavy (non-hydrogen) atoms. The smallest absolute Gasteiger partial charge is 0.283 e. The van der Waals surface area contributed by atoms with Crippen molar-refractivity contribution in [2.24, 2.45) is 5.10 Å². The lowest BCUT2D eigenvalue weighted by Gasteiger charge is -1.96. The number of halogens is 1. The Morgan fingerprint density at radius 2 is 2.14 bits per heavy atom. The molecule has 1 aromatic carbocycles. The second kappa shape index (κ2) is 5.71. The van der Waals surface area contributed by atoms with Gasteiger partial charge in [0.1, 0.15) is 16.4 Å². The number of nitrogens with one attached hydrogen (secondary N) is 1. The Kier molecular flexibility index (Phi) is 3.77. The Bertz CT molecular complexity index is 835. The molecule has 106 valence electrons. The van der Waals surface area contributed by atoms with Crippen LogP contribution in [0.15, 0.2) is 45.9 Å². The van der Waals surface area contributed by atoms with E-state index in [-0.39, 0.29) is 5.91 Å². The molecule has 2 aromatic heterocycles. The molecule has 0 atom stereocenters. The van der Waals surface area contributed by atoms with Gasteiger partial charge < -0.3 is 4.42 Å². The molecule has 6 heteroatoms. The Morgan fingerprint density at radius 3 is 2.86 bits per heavy atom. The lowest BCUT2D eigenvalue weighted by atomic mass is 10.2. The van der Waals surface area contributed by atoms with Gasteiger partial charge in [0.25, 0.3) is 5.91 Å². The molecule has 1 N–H and O–H groups in total. The summed E-state index contributed by atoms with van der Waals surface area (Å²) < 4.78 is 6.29. The summed E-state index contributed by atoms with van der Waals surface area (Å²) >= 11 is 7.57. The molecule has 0 unspecified atom stereocenters. The van der Waals surface area contributed by atoms with Crippen molar-refractivity contribution in [3.8, 4) is 0 Å². The summed E-state index contributed by atoms with van der Waals surface area (Å²) in [6.07, 6.45) is 1.45. The summed E-state index contributed by atoms with van der Waals surface area (Å²) in [5.41, 5.74) is 2.45. The van der Waals surface area contributed by atoms with E-state index in [1.807, 2.05) is 37.3 Å². The molecule has 1 amide bonds. The van der Waals surface area contributed by atoms with Gasteiger partial charge in [-0.1, -0.05) is 29.8 Å². The van der Waals surface area contributed by atoms with Crippen molar-refractivity contribution < 1.29 is 9.21 Å². The van der Waals surface area contributed by atoms with Crippen LogP contribution in [-0.2, 0) is 0 Å². The number of amides is 1. The van der Waals surface area contributed by atoms with Crippen molar-refractivity contribution >= 4 is 45.1 Å². The second-order valence-corrected chi connectivity index (χ2v) is 5.82. The van der Waals surface area contributed by atoms with E-state index < -0.39 is 0 Å². The molecule has 0 saturated heterocycles. The van der Waals surface area contributed by atoms with E-state index in [0.717, 1.165) is 15.8 Å². The van der Waals surface area contributed by atoms with E-state index in [4.69, 9.17) is 16.0 Å². The van der Waals surface area contributed by atoms with Gasteiger partial charge >= 0.3 is 0 Å². The molecular weight excluding hydrogens is 308 g/mol. The van der Waals surface area contributed by atoms with Gasteiger partial charge in [-0.3, -0.25) is 4.79 Å². The number of benzene rings is 1. The number of carbonyl (C=O) groups excluding carboxylic acids is 1. The van der Waals surface area contributed by atoms with Gasteiger partial charge in [-0.25, -0.2) is 5.43 Å². The van der Waals surface area contributed by atoms with Crippen LogP contribution >= 0.6 is 22.9 Å². The van der Waals surface area contributed by atoms with Crippen molar-refractivity contribution in [2.75, 3.05) is 0 Å². The molecule has 0 radical (unpaired) electrons. The highest BCUT2D eigenvalue weighted by molar-refractivity contribution is 7.21. The number of nitrogens with zero attached hydrogens (tertiary/aromatic N) is 1. The van der Waals surface area contributed by atoms with Crippen molar-refractivity contribution in [3.63, 3.8) is 0 Å². The topological polar surface area (TPSA) is 54.6 Å². The van der Waals surface area contributed by atoms with Crippen LogP contribution in [0, 0.1) is 6.92 Å². The number of carbonyl (C=O) groups is 1. The van der Waals surface area contributed by atoms with Crippen LogP contribution in [-0.4, -0.2) is 12.1 Å². The van der Waals surface area contributed by atoms with Crippen molar-refractivity contribution in [3.05, 3.63) is 57.8 Å². The summed E-state index contributed by atoms with van der Waals surface area (Å²) in [5, 5.41) is 5.20. The maximum atomic E-state index is 12.1. The van der Waals surface area contributed by atoms with Crippen molar-refractivity contribution in [1.29, 1.82) is 0 Å². The lowest BCUT2D eigenvalue weighted by Crippen LogP contribution is -2.16. The average molecular weight is 319 g/mol. The van der Waals surface area contributed by atoms with Gasteiger partial charge in [0.2, 0.25) is 0 Å². The number of fused-ring (bicyclic) bond motifs is 1. The minimum Gasteiger partial charge on any atom is -0.460 e. The highest BCUT2D eigenvalue weighted by atomic mass is 35.5. The van der Waals surface area contributed by atoms with Crippen LogP contribution in [0.3, 0.4) is 0 Å². The van der Waals surface area contributed by atoms with Gasteiger partial charge in [0.05, 0.1) is 11.2 Å². The second-order valence-electron chi connectivity index (χ2n) is 4.39. The minimum atomic E-state index is -0.333. The Hall–Kier alpha value is -2.11. The van der Waals surface area contributed by atoms with Crippen LogP contribution < -0.4 is 5.43 Å². The third-order valence-electron chi connectivity index (χ3n) is 2.86. The normalized spacial score (nSPS) is 11.3. The Balaban J connectivity index is 1.78. The Morgan fingerprint density at radius 1 is 1.33 bits per heavy atom. The molecule has 2 heterocycles. The molecule has 0 aliphatic rings. The lowest BCUT2D eigenvalue weighted by molar-refractivity contribution is 0.0959. The fraction of sp³-hybridized carbons (Fsp3) is 0.0667. The van der Waals surface area contributed by atoms with Crippen molar-refractivity contribution in [2.45, 2.75) is 6.92 Å². The molecule has 0 bridgehead atoms. The van der Waals surface area contributed by atoms with E-state index in [0.29, 0.717) is 15.7 Å². The summed E-state index contributed by atoms with van der Waals surface area (Å²) in [4.78, 5) is 12.6. The fourth-order valence-corrected chi connectivity index (χ4v) is 3.30. The molecular formula is C15H11ClN2O2S.